The van der Waals surface area contributed by atoms with E-state index in [9.17, 15) is 0 Å². The maximum Gasteiger partial charge on any atom is 0.0868 e. The lowest BCUT2D eigenvalue weighted by Gasteiger charge is -2.23. The van der Waals surface area contributed by atoms with Crippen molar-refractivity contribution in [2.24, 2.45) is 0 Å². The van der Waals surface area contributed by atoms with Gasteiger partial charge in [-0.1, -0.05) is 0 Å². The van der Waals surface area contributed by atoms with E-state index in [4.69, 9.17) is 10.4 Å². The van der Waals surface area contributed by atoms with Gasteiger partial charge in [0.05, 0.1) is 18.7 Å². The Morgan fingerprint density at radius 2 is 2.00 bits per heavy atom. The van der Waals surface area contributed by atoms with Gasteiger partial charge in [-0.25, -0.2) is 0 Å². The average molecular weight is 170 g/mol. The molecule has 0 aliphatic heterocycles. The van der Waals surface area contributed by atoms with E-state index in [1.807, 2.05) is 4.90 Å². The SMILES string of the molecule is CC(O)CCN(CC#N)C(C)C. The summed E-state index contributed by atoms with van der Waals surface area (Å²) in [4.78, 5) is 2.05. The molecule has 0 aliphatic rings. The average Bonchev–Trinajstić information content (AvgIpc) is 1.96. The third kappa shape index (κ3) is 5.11. The van der Waals surface area contributed by atoms with Gasteiger partial charge in [0.25, 0.3) is 0 Å². The summed E-state index contributed by atoms with van der Waals surface area (Å²) in [6, 6.07) is 2.50. The molecule has 12 heavy (non-hydrogen) atoms. The van der Waals surface area contributed by atoms with Crippen LogP contribution >= 0.6 is 0 Å². The van der Waals surface area contributed by atoms with E-state index in [2.05, 4.69) is 19.9 Å². The first-order valence-corrected chi connectivity index (χ1v) is 4.37. The van der Waals surface area contributed by atoms with Crippen LogP contribution in [0.25, 0.3) is 0 Å². The van der Waals surface area contributed by atoms with Gasteiger partial charge in [-0.05, 0) is 27.2 Å². The van der Waals surface area contributed by atoms with Gasteiger partial charge in [0, 0.05) is 12.6 Å². The highest BCUT2D eigenvalue weighted by Gasteiger charge is 2.08. The molecule has 1 atom stereocenters. The number of rotatable bonds is 5. The number of aliphatic hydroxyl groups is 1. The van der Waals surface area contributed by atoms with Gasteiger partial charge in [0.1, 0.15) is 0 Å². The van der Waals surface area contributed by atoms with Crippen LogP contribution in [-0.2, 0) is 0 Å². The second kappa shape index (κ2) is 5.99. The highest BCUT2D eigenvalue weighted by molar-refractivity contribution is 4.78. The fraction of sp³-hybridized carbons (Fsp3) is 0.889. The standard InChI is InChI=1S/C9H18N2O/c1-8(2)11(7-5-10)6-4-9(3)12/h8-9,12H,4,6-7H2,1-3H3. The number of aliphatic hydroxyl groups excluding tert-OH is 1. The Balaban J connectivity index is 3.73. The second-order valence-electron chi connectivity index (χ2n) is 3.36. The maximum absolute atomic E-state index is 9.04. The second-order valence-corrected chi connectivity index (χ2v) is 3.36. The summed E-state index contributed by atoms with van der Waals surface area (Å²) in [6.07, 6.45) is 0.463. The third-order valence-corrected chi connectivity index (χ3v) is 1.84. The van der Waals surface area contributed by atoms with Gasteiger partial charge in [-0.2, -0.15) is 5.26 Å². The van der Waals surface area contributed by atoms with Crippen molar-refractivity contribution >= 4 is 0 Å². The molecule has 0 heterocycles. The van der Waals surface area contributed by atoms with Crippen molar-refractivity contribution in [2.75, 3.05) is 13.1 Å². The van der Waals surface area contributed by atoms with Gasteiger partial charge in [-0.15, -0.1) is 0 Å². The summed E-state index contributed by atoms with van der Waals surface area (Å²) in [5.41, 5.74) is 0. The zero-order valence-corrected chi connectivity index (χ0v) is 8.12. The Morgan fingerprint density at radius 1 is 1.42 bits per heavy atom. The number of nitrogens with zero attached hydrogens (tertiary/aromatic N) is 2. The monoisotopic (exact) mass is 170 g/mol. The molecule has 1 unspecified atom stereocenters. The van der Waals surface area contributed by atoms with E-state index in [0.29, 0.717) is 12.6 Å². The first-order chi connectivity index (χ1) is 5.57. The van der Waals surface area contributed by atoms with Gasteiger partial charge in [0.15, 0.2) is 0 Å². The van der Waals surface area contributed by atoms with E-state index in [0.717, 1.165) is 13.0 Å². The quantitative estimate of drug-likeness (QED) is 0.626. The molecule has 0 aromatic rings. The van der Waals surface area contributed by atoms with Crippen molar-refractivity contribution in [1.82, 2.24) is 4.90 Å². The highest BCUT2D eigenvalue weighted by atomic mass is 16.3. The smallest absolute Gasteiger partial charge is 0.0868 e. The van der Waals surface area contributed by atoms with E-state index in [1.165, 1.54) is 0 Å². The van der Waals surface area contributed by atoms with Crippen LogP contribution in [-0.4, -0.2) is 35.2 Å². The van der Waals surface area contributed by atoms with Gasteiger partial charge in [-0.3, -0.25) is 4.90 Å². The molecule has 0 bridgehead atoms. The molecule has 0 spiro atoms. The molecular weight excluding hydrogens is 152 g/mol. The number of hydrogen-bond donors (Lipinski definition) is 1. The Morgan fingerprint density at radius 3 is 2.33 bits per heavy atom. The molecule has 0 fully saturated rings. The lowest BCUT2D eigenvalue weighted by Crippen LogP contribution is -2.33. The molecule has 0 saturated heterocycles. The van der Waals surface area contributed by atoms with Gasteiger partial charge >= 0.3 is 0 Å². The molecule has 3 heteroatoms. The lowest BCUT2D eigenvalue weighted by molar-refractivity contribution is 0.150. The minimum atomic E-state index is -0.273. The third-order valence-electron chi connectivity index (χ3n) is 1.84. The maximum atomic E-state index is 9.04. The summed E-state index contributed by atoms with van der Waals surface area (Å²) in [5.74, 6) is 0. The molecule has 70 valence electrons. The fourth-order valence-electron chi connectivity index (χ4n) is 0.963. The Hall–Kier alpha value is -0.590. The summed E-state index contributed by atoms with van der Waals surface area (Å²) in [6.45, 7) is 7.12. The van der Waals surface area contributed by atoms with Crippen LogP contribution < -0.4 is 0 Å². The molecule has 0 aliphatic carbocycles. The summed E-state index contributed by atoms with van der Waals surface area (Å²) >= 11 is 0. The zero-order chi connectivity index (χ0) is 9.56. The van der Waals surface area contributed by atoms with E-state index < -0.39 is 0 Å². The van der Waals surface area contributed by atoms with Crippen molar-refractivity contribution < 1.29 is 5.11 Å². The van der Waals surface area contributed by atoms with Crippen LogP contribution in [0.1, 0.15) is 27.2 Å². The minimum Gasteiger partial charge on any atom is -0.393 e. The molecule has 0 radical (unpaired) electrons. The van der Waals surface area contributed by atoms with Crippen molar-refractivity contribution in [3.63, 3.8) is 0 Å². The molecule has 0 aromatic heterocycles. The summed E-state index contributed by atoms with van der Waals surface area (Å²) in [5, 5.41) is 17.5. The minimum absolute atomic E-state index is 0.273. The first kappa shape index (κ1) is 11.4. The van der Waals surface area contributed by atoms with Crippen LogP contribution in [0.4, 0.5) is 0 Å². The molecular formula is C9H18N2O. The van der Waals surface area contributed by atoms with E-state index >= 15 is 0 Å². The lowest BCUT2D eigenvalue weighted by atomic mass is 10.2. The molecule has 0 aromatic carbocycles. The van der Waals surface area contributed by atoms with Gasteiger partial charge < -0.3 is 5.11 Å². The number of hydrogen-bond acceptors (Lipinski definition) is 3. The van der Waals surface area contributed by atoms with Crippen LogP contribution in [0.5, 0.6) is 0 Å². The summed E-state index contributed by atoms with van der Waals surface area (Å²) in [7, 11) is 0. The topological polar surface area (TPSA) is 47.3 Å². The molecule has 0 amide bonds. The van der Waals surface area contributed by atoms with E-state index in [-0.39, 0.29) is 6.10 Å². The van der Waals surface area contributed by atoms with Crippen LogP contribution in [0.15, 0.2) is 0 Å². The summed E-state index contributed by atoms with van der Waals surface area (Å²) < 4.78 is 0. The number of nitriles is 1. The fourth-order valence-corrected chi connectivity index (χ4v) is 0.963. The normalized spacial score (nSPS) is 13.4. The highest BCUT2D eigenvalue weighted by Crippen LogP contribution is 2.00. The van der Waals surface area contributed by atoms with Crippen molar-refractivity contribution in [3.8, 4) is 6.07 Å². The molecule has 0 rings (SSSR count). The zero-order valence-electron chi connectivity index (χ0n) is 8.12. The Kier molecular flexibility index (Phi) is 5.69. The molecule has 3 nitrogen and oxygen atoms in total. The molecule has 0 saturated carbocycles. The van der Waals surface area contributed by atoms with Crippen LogP contribution in [0.3, 0.4) is 0 Å². The van der Waals surface area contributed by atoms with Crippen molar-refractivity contribution in [3.05, 3.63) is 0 Å². The largest absolute Gasteiger partial charge is 0.393 e. The first-order valence-electron chi connectivity index (χ1n) is 4.37. The van der Waals surface area contributed by atoms with Gasteiger partial charge in [0.2, 0.25) is 0 Å². The van der Waals surface area contributed by atoms with Crippen molar-refractivity contribution in [2.45, 2.75) is 39.3 Å². The molecule has 1 N–H and O–H groups in total. The Labute approximate surface area is 74.6 Å². The van der Waals surface area contributed by atoms with Crippen LogP contribution in [0.2, 0.25) is 0 Å². The predicted octanol–water partition coefficient (Wildman–Crippen LogP) is 0.991. The van der Waals surface area contributed by atoms with Crippen LogP contribution in [0, 0.1) is 11.3 Å². The van der Waals surface area contributed by atoms with Crippen molar-refractivity contribution in [1.29, 1.82) is 5.26 Å². The predicted molar refractivity (Wildman–Crippen MR) is 48.6 cm³/mol. The Bertz CT molecular complexity index is 149. The van der Waals surface area contributed by atoms with E-state index in [1.54, 1.807) is 6.92 Å².